The molecule has 0 spiro atoms. The number of carbonyl (C=O) groups is 1. The molecule has 0 saturated heterocycles. The van der Waals surface area contributed by atoms with E-state index >= 15 is 0 Å². The monoisotopic (exact) mass is 335 g/mol. The maximum atomic E-state index is 13.4. The van der Waals surface area contributed by atoms with E-state index < -0.39 is 0 Å². The molecule has 2 saturated carbocycles. The van der Waals surface area contributed by atoms with Gasteiger partial charge in [-0.25, -0.2) is 0 Å². The van der Waals surface area contributed by atoms with Crippen LogP contribution in [0.4, 0.5) is 0 Å². The van der Waals surface area contributed by atoms with Crippen LogP contribution in [-0.4, -0.2) is 5.78 Å². The first kappa shape index (κ1) is 16.8. The van der Waals surface area contributed by atoms with E-state index in [9.17, 15) is 10.1 Å². The highest BCUT2D eigenvalue weighted by atomic mass is 16.1. The van der Waals surface area contributed by atoms with Crippen LogP contribution in [-0.2, 0) is 11.2 Å². The van der Waals surface area contributed by atoms with Crippen molar-refractivity contribution in [3.63, 3.8) is 0 Å². The van der Waals surface area contributed by atoms with E-state index in [1.807, 2.05) is 6.07 Å². The maximum Gasteiger partial charge on any atom is 0.145 e. The topological polar surface area (TPSA) is 40.9 Å². The number of Topliss-reactive ketones (excluding diaryl/α,β-unsaturated/α-hetero) is 1. The summed E-state index contributed by atoms with van der Waals surface area (Å²) in [5.41, 5.74) is 3.37. The highest BCUT2D eigenvalue weighted by Crippen LogP contribution is 2.65. The quantitative estimate of drug-likeness (QED) is 0.726. The summed E-state index contributed by atoms with van der Waals surface area (Å²) < 4.78 is 0. The molecule has 0 aliphatic heterocycles. The fraction of sp³-hybridized carbons (Fsp3) is 0.652. The smallest absolute Gasteiger partial charge is 0.145 e. The van der Waals surface area contributed by atoms with Crippen LogP contribution in [0.2, 0.25) is 0 Å². The Morgan fingerprint density at radius 3 is 2.68 bits per heavy atom. The van der Waals surface area contributed by atoms with Crippen LogP contribution < -0.4 is 0 Å². The second kappa shape index (κ2) is 5.70. The summed E-state index contributed by atoms with van der Waals surface area (Å²) in [7, 11) is 0. The molecule has 2 fully saturated rings. The minimum absolute atomic E-state index is 0.0803. The average Bonchev–Trinajstić information content (AvgIpc) is 2.89. The number of nitrogens with zero attached hydrogens (tertiary/aromatic N) is 1. The van der Waals surface area contributed by atoms with Crippen LogP contribution in [0.25, 0.3) is 0 Å². The minimum Gasteiger partial charge on any atom is -0.298 e. The molecule has 1 aromatic rings. The second-order valence-corrected chi connectivity index (χ2v) is 8.88. The van der Waals surface area contributed by atoms with E-state index in [2.05, 4.69) is 39.0 Å². The largest absolute Gasteiger partial charge is 0.298 e. The van der Waals surface area contributed by atoms with Crippen molar-refractivity contribution in [2.45, 2.75) is 71.6 Å². The number of hydrogen-bond acceptors (Lipinski definition) is 2. The molecule has 1 aromatic carbocycles. The Morgan fingerprint density at radius 2 is 2.00 bits per heavy atom. The zero-order valence-corrected chi connectivity index (χ0v) is 15.8. The molecule has 0 N–H and O–H groups in total. The molecule has 2 heteroatoms. The third-order valence-corrected chi connectivity index (χ3v) is 8.25. The standard InChI is InChI=1S/C23H29NO/c1-4-23(5-2)13-20-19-10-9-16-15(14-24)7-6-8-17(16)18(19)11-12-22(20,3)21(23)25/h6-8,18-20H,4-5,9-13H2,1-3H3/t18?,19?,20?,22-/m0/s1. The van der Waals surface area contributed by atoms with Crippen LogP contribution in [0.15, 0.2) is 18.2 Å². The summed E-state index contributed by atoms with van der Waals surface area (Å²) in [6.45, 7) is 6.67. The molecule has 0 aromatic heterocycles. The number of rotatable bonds is 2. The Morgan fingerprint density at radius 1 is 1.24 bits per heavy atom. The summed E-state index contributed by atoms with van der Waals surface area (Å²) in [5.74, 6) is 2.25. The van der Waals surface area contributed by atoms with Crippen LogP contribution in [0.5, 0.6) is 0 Å². The second-order valence-electron chi connectivity index (χ2n) is 8.88. The molecule has 0 amide bonds. The number of nitriles is 1. The molecule has 0 heterocycles. The predicted molar refractivity (Wildman–Crippen MR) is 99.2 cm³/mol. The third kappa shape index (κ3) is 2.11. The van der Waals surface area contributed by atoms with Crippen molar-refractivity contribution in [1.82, 2.24) is 0 Å². The van der Waals surface area contributed by atoms with E-state index in [0.717, 1.165) is 50.5 Å². The zero-order valence-electron chi connectivity index (χ0n) is 15.8. The van der Waals surface area contributed by atoms with E-state index in [0.29, 0.717) is 23.5 Å². The van der Waals surface area contributed by atoms with Crippen molar-refractivity contribution in [2.75, 3.05) is 0 Å². The molecular formula is C23H29NO. The summed E-state index contributed by atoms with van der Waals surface area (Å²) >= 11 is 0. The van der Waals surface area contributed by atoms with Crippen molar-refractivity contribution < 1.29 is 4.79 Å². The fourth-order valence-corrected chi connectivity index (χ4v) is 6.68. The predicted octanol–water partition coefficient (Wildman–Crippen LogP) is 5.40. The summed E-state index contributed by atoms with van der Waals surface area (Å²) in [4.78, 5) is 13.4. The number of fused-ring (bicyclic) bond motifs is 5. The van der Waals surface area contributed by atoms with Gasteiger partial charge in [0, 0.05) is 10.8 Å². The van der Waals surface area contributed by atoms with Gasteiger partial charge >= 0.3 is 0 Å². The molecule has 3 aliphatic carbocycles. The first-order chi connectivity index (χ1) is 12.0. The van der Waals surface area contributed by atoms with Crippen molar-refractivity contribution in [3.8, 4) is 6.07 Å². The van der Waals surface area contributed by atoms with Crippen molar-refractivity contribution in [1.29, 1.82) is 5.26 Å². The first-order valence-corrected chi connectivity index (χ1v) is 10.1. The van der Waals surface area contributed by atoms with Crippen LogP contribution >= 0.6 is 0 Å². The van der Waals surface area contributed by atoms with Gasteiger partial charge in [-0.15, -0.1) is 0 Å². The van der Waals surface area contributed by atoms with Gasteiger partial charge in [-0.1, -0.05) is 32.9 Å². The van der Waals surface area contributed by atoms with Gasteiger partial charge < -0.3 is 0 Å². The summed E-state index contributed by atoms with van der Waals surface area (Å²) in [6.07, 6.45) is 7.34. The highest BCUT2D eigenvalue weighted by Gasteiger charge is 2.62. The SMILES string of the molecule is CCC1(CC)CC2C3CCc4c(C#N)cccc4C3CC[C@]2(C)C1=O. The van der Waals surface area contributed by atoms with E-state index in [1.54, 1.807) is 0 Å². The van der Waals surface area contributed by atoms with Crippen molar-refractivity contribution in [2.24, 2.45) is 22.7 Å². The lowest BCUT2D eigenvalue weighted by Gasteiger charge is -2.48. The van der Waals surface area contributed by atoms with Gasteiger partial charge in [0.25, 0.3) is 0 Å². The molecule has 3 aliphatic rings. The van der Waals surface area contributed by atoms with Gasteiger partial charge in [0.2, 0.25) is 0 Å². The summed E-state index contributed by atoms with van der Waals surface area (Å²) in [6, 6.07) is 8.65. The Kier molecular flexibility index (Phi) is 3.83. The minimum atomic E-state index is -0.114. The Balaban J connectivity index is 1.75. The van der Waals surface area contributed by atoms with Crippen molar-refractivity contribution in [3.05, 3.63) is 34.9 Å². The van der Waals surface area contributed by atoms with Gasteiger partial charge in [-0.05, 0) is 79.9 Å². The first-order valence-electron chi connectivity index (χ1n) is 10.1. The maximum absolute atomic E-state index is 13.4. The molecule has 132 valence electrons. The van der Waals surface area contributed by atoms with Crippen molar-refractivity contribution >= 4 is 5.78 Å². The van der Waals surface area contributed by atoms with Crippen LogP contribution in [0, 0.1) is 34.0 Å². The number of ketones is 1. The van der Waals surface area contributed by atoms with Crippen LogP contribution in [0.3, 0.4) is 0 Å². The normalized spacial score (nSPS) is 35.4. The van der Waals surface area contributed by atoms with Gasteiger partial charge in [-0.3, -0.25) is 4.79 Å². The number of hydrogen-bond donors (Lipinski definition) is 0. The molecule has 4 rings (SSSR count). The molecule has 0 radical (unpaired) electrons. The number of carbonyl (C=O) groups excluding carboxylic acids is 1. The van der Waals surface area contributed by atoms with E-state index in [-0.39, 0.29) is 10.8 Å². The Hall–Kier alpha value is -1.62. The molecule has 3 unspecified atom stereocenters. The molecule has 0 bridgehead atoms. The molecular weight excluding hydrogens is 306 g/mol. The highest BCUT2D eigenvalue weighted by molar-refractivity contribution is 5.93. The lowest BCUT2D eigenvalue weighted by atomic mass is 9.55. The van der Waals surface area contributed by atoms with Gasteiger partial charge in [0.15, 0.2) is 0 Å². The Bertz CT molecular complexity index is 754. The zero-order chi connectivity index (χ0) is 17.8. The van der Waals surface area contributed by atoms with Gasteiger partial charge in [0.05, 0.1) is 11.6 Å². The average molecular weight is 335 g/mol. The van der Waals surface area contributed by atoms with E-state index in [4.69, 9.17) is 0 Å². The van der Waals surface area contributed by atoms with Crippen LogP contribution in [0.1, 0.15) is 81.9 Å². The Labute approximate surface area is 151 Å². The van der Waals surface area contributed by atoms with Gasteiger partial charge in [-0.2, -0.15) is 5.26 Å². The molecule has 2 nitrogen and oxygen atoms in total. The van der Waals surface area contributed by atoms with E-state index in [1.165, 1.54) is 11.1 Å². The number of benzene rings is 1. The third-order valence-electron chi connectivity index (χ3n) is 8.25. The molecule has 25 heavy (non-hydrogen) atoms. The van der Waals surface area contributed by atoms with Gasteiger partial charge in [0.1, 0.15) is 5.78 Å². The fourth-order valence-electron chi connectivity index (χ4n) is 6.68. The molecule has 4 atom stereocenters. The summed E-state index contributed by atoms with van der Waals surface area (Å²) in [5, 5.41) is 9.45. The lowest BCUT2D eigenvalue weighted by Crippen LogP contribution is -2.43. The lowest BCUT2D eigenvalue weighted by molar-refractivity contribution is -0.136.